The van der Waals surface area contributed by atoms with Gasteiger partial charge in [0, 0.05) is 26.1 Å². The lowest BCUT2D eigenvalue weighted by Crippen LogP contribution is -2.33. The highest BCUT2D eigenvalue weighted by Crippen LogP contribution is 2.25. The molecule has 1 saturated heterocycles. The molecule has 6 nitrogen and oxygen atoms in total. The number of carbonyl (C=O) groups excluding carboxylic acids is 1. The second kappa shape index (κ2) is 5.11. The maximum atomic E-state index is 11.7. The van der Waals surface area contributed by atoms with E-state index in [1.807, 2.05) is 0 Å². The van der Waals surface area contributed by atoms with E-state index in [4.69, 9.17) is 10.5 Å². The molecule has 1 aliphatic rings. The predicted octanol–water partition coefficient (Wildman–Crippen LogP) is -0.984. The molecule has 0 bridgehead atoms. The van der Waals surface area contributed by atoms with E-state index in [2.05, 4.69) is 0 Å². The third-order valence-electron chi connectivity index (χ3n) is 2.91. The number of carbonyl (C=O) groups is 1. The average molecular weight is 250 g/mol. The first-order chi connectivity index (χ1) is 7.42. The third kappa shape index (κ3) is 2.72. The highest BCUT2D eigenvalue weighted by molar-refractivity contribution is 7.89. The van der Waals surface area contributed by atoms with Crippen molar-refractivity contribution in [2.24, 2.45) is 17.6 Å². The van der Waals surface area contributed by atoms with Crippen molar-refractivity contribution in [2.45, 2.75) is 6.92 Å². The first kappa shape index (κ1) is 13.4. The number of rotatable bonds is 5. The number of amides is 1. The molecule has 1 rings (SSSR count). The van der Waals surface area contributed by atoms with E-state index in [0.717, 1.165) is 0 Å². The van der Waals surface area contributed by atoms with E-state index in [1.54, 1.807) is 6.92 Å². The van der Waals surface area contributed by atoms with Crippen molar-refractivity contribution in [1.29, 1.82) is 0 Å². The smallest absolute Gasteiger partial charge is 0.222 e. The lowest BCUT2D eigenvalue weighted by Gasteiger charge is -2.14. The Kier molecular flexibility index (Phi) is 4.28. The zero-order valence-electron chi connectivity index (χ0n) is 9.55. The molecular weight excluding hydrogens is 232 g/mol. The van der Waals surface area contributed by atoms with Gasteiger partial charge in [-0.25, -0.2) is 12.7 Å². The zero-order chi connectivity index (χ0) is 12.3. The van der Waals surface area contributed by atoms with E-state index in [-0.39, 0.29) is 18.2 Å². The van der Waals surface area contributed by atoms with Gasteiger partial charge in [-0.3, -0.25) is 4.79 Å². The number of methoxy groups -OCH3 is 1. The molecule has 0 aromatic carbocycles. The SMILES string of the molecule is CCS(=O)(=O)N1C[C@@H](COC)[C@H](C(N)=O)C1. The Morgan fingerprint density at radius 3 is 2.56 bits per heavy atom. The van der Waals surface area contributed by atoms with E-state index < -0.39 is 21.8 Å². The summed E-state index contributed by atoms with van der Waals surface area (Å²) in [6.07, 6.45) is 0. The summed E-state index contributed by atoms with van der Waals surface area (Å²) in [7, 11) is -1.72. The molecule has 0 spiro atoms. The van der Waals surface area contributed by atoms with Crippen LogP contribution in [0.2, 0.25) is 0 Å². The van der Waals surface area contributed by atoms with E-state index >= 15 is 0 Å². The van der Waals surface area contributed by atoms with E-state index in [9.17, 15) is 13.2 Å². The first-order valence-corrected chi connectivity index (χ1v) is 6.79. The van der Waals surface area contributed by atoms with Gasteiger partial charge in [0.05, 0.1) is 18.3 Å². The molecular formula is C9H18N2O4S. The van der Waals surface area contributed by atoms with E-state index in [0.29, 0.717) is 13.2 Å². The van der Waals surface area contributed by atoms with Gasteiger partial charge in [0.25, 0.3) is 0 Å². The number of sulfonamides is 1. The van der Waals surface area contributed by atoms with Crippen molar-refractivity contribution in [2.75, 3.05) is 32.6 Å². The number of nitrogens with two attached hydrogens (primary N) is 1. The first-order valence-electron chi connectivity index (χ1n) is 5.18. The molecule has 0 saturated carbocycles. The van der Waals surface area contributed by atoms with Gasteiger partial charge in [0.2, 0.25) is 15.9 Å². The van der Waals surface area contributed by atoms with E-state index in [1.165, 1.54) is 11.4 Å². The molecule has 1 heterocycles. The second-order valence-electron chi connectivity index (χ2n) is 3.94. The Balaban J connectivity index is 2.80. The highest BCUT2D eigenvalue weighted by atomic mass is 32.2. The fourth-order valence-corrected chi connectivity index (χ4v) is 3.12. The molecule has 1 amide bonds. The minimum absolute atomic E-state index is 0.0399. The summed E-state index contributed by atoms with van der Waals surface area (Å²) >= 11 is 0. The van der Waals surface area contributed by atoms with Crippen molar-refractivity contribution in [1.82, 2.24) is 4.31 Å². The van der Waals surface area contributed by atoms with Gasteiger partial charge in [-0.05, 0) is 6.92 Å². The fourth-order valence-electron chi connectivity index (χ4n) is 1.95. The minimum Gasteiger partial charge on any atom is -0.384 e. The van der Waals surface area contributed by atoms with Crippen LogP contribution < -0.4 is 5.73 Å². The molecule has 7 heteroatoms. The number of ether oxygens (including phenoxy) is 1. The molecule has 1 aliphatic heterocycles. The van der Waals surface area contributed by atoms with Gasteiger partial charge in [0.1, 0.15) is 0 Å². The largest absolute Gasteiger partial charge is 0.384 e. The molecule has 2 N–H and O–H groups in total. The van der Waals surface area contributed by atoms with Crippen LogP contribution in [0.4, 0.5) is 0 Å². The molecule has 1 fully saturated rings. The quantitative estimate of drug-likeness (QED) is 0.679. The van der Waals surface area contributed by atoms with Gasteiger partial charge in [-0.15, -0.1) is 0 Å². The van der Waals surface area contributed by atoms with Crippen LogP contribution in [-0.2, 0) is 19.6 Å². The number of nitrogens with zero attached hydrogens (tertiary/aromatic N) is 1. The molecule has 0 unspecified atom stereocenters. The van der Waals surface area contributed by atoms with Crippen LogP contribution in [0.3, 0.4) is 0 Å². The molecule has 0 aromatic heterocycles. The summed E-state index contributed by atoms with van der Waals surface area (Å²) in [6.45, 7) is 2.43. The minimum atomic E-state index is -3.25. The normalized spacial score (nSPS) is 27.1. The molecule has 0 aliphatic carbocycles. The Hall–Kier alpha value is -0.660. The monoisotopic (exact) mass is 250 g/mol. The number of primary amides is 1. The molecule has 0 radical (unpaired) electrons. The molecule has 2 atom stereocenters. The van der Waals surface area contributed by atoms with Crippen molar-refractivity contribution < 1.29 is 17.9 Å². The number of hydrogen-bond acceptors (Lipinski definition) is 4. The predicted molar refractivity (Wildman–Crippen MR) is 59.1 cm³/mol. The average Bonchev–Trinajstić information content (AvgIpc) is 2.63. The molecule has 0 aromatic rings. The Morgan fingerprint density at radius 2 is 2.12 bits per heavy atom. The van der Waals surface area contributed by atoms with Crippen LogP contribution in [0.25, 0.3) is 0 Å². The highest BCUT2D eigenvalue weighted by Gasteiger charge is 2.40. The third-order valence-corrected chi connectivity index (χ3v) is 4.73. The zero-order valence-corrected chi connectivity index (χ0v) is 10.4. The van der Waals surface area contributed by atoms with Crippen LogP contribution >= 0.6 is 0 Å². The summed E-state index contributed by atoms with van der Waals surface area (Å²) in [5, 5.41) is 0. The summed E-state index contributed by atoms with van der Waals surface area (Å²) < 4.78 is 29.6. The Bertz CT molecular complexity index is 355. The van der Waals surface area contributed by atoms with Crippen LogP contribution in [-0.4, -0.2) is 51.2 Å². The molecule has 16 heavy (non-hydrogen) atoms. The topological polar surface area (TPSA) is 89.7 Å². The summed E-state index contributed by atoms with van der Waals surface area (Å²) in [6, 6.07) is 0. The maximum absolute atomic E-state index is 11.7. The summed E-state index contributed by atoms with van der Waals surface area (Å²) in [5.41, 5.74) is 5.25. The summed E-state index contributed by atoms with van der Waals surface area (Å²) in [4.78, 5) is 11.2. The van der Waals surface area contributed by atoms with Crippen LogP contribution in [0.15, 0.2) is 0 Å². The number of hydrogen-bond donors (Lipinski definition) is 1. The lowest BCUT2D eigenvalue weighted by molar-refractivity contribution is -0.122. The molecule has 94 valence electrons. The van der Waals surface area contributed by atoms with Gasteiger partial charge < -0.3 is 10.5 Å². The van der Waals surface area contributed by atoms with Crippen LogP contribution in [0.5, 0.6) is 0 Å². The van der Waals surface area contributed by atoms with Crippen LogP contribution in [0.1, 0.15) is 6.92 Å². The van der Waals surface area contributed by atoms with Crippen molar-refractivity contribution in [3.8, 4) is 0 Å². The Labute approximate surface area is 95.8 Å². The van der Waals surface area contributed by atoms with Gasteiger partial charge in [-0.2, -0.15) is 0 Å². The van der Waals surface area contributed by atoms with Gasteiger partial charge in [-0.1, -0.05) is 0 Å². The van der Waals surface area contributed by atoms with Crippen molar-refractivity contribution in [3.05, 3.63) is 0 Å². The summed E-state index contributed by atoms with van der Waals surface area (Å²) in [5.74, 6) is -1.00. The fraction of sp³-hybridized carbons (Fsp3) is 0.889. The van der Waals surface area contributed by atoms with Gasteiger partial charge >= 0.3 is 0 Å². The second-order valence-corrected chi connectivity index (χ2v) is 6.20. The van der Waals surface area contributed by atoms with Crippen molar-refractivity contribution in [3.63, 3.8) is 0 Å². The van der Waals surface area contributed by atoms with Crippen LogP contribution in [0, 0.1) is 11.8 Å². The lowest BCUT2D eigenvalue weighted by atomic mass is 9.96. The van der Waals surface area contributed by atoms with Gasteiger partial charge in [0.15, 0.2) is 0 Å². The Morgan fingerprint density at radius 1 is 1.50 bits per heavy atom. The van der Waals surface area contributed by atoms with Crippen molar-refractivity contribution >= 4 is 15.9 Å². The maximum Gasteiger partial charge on any atom is 0.222 e. The standard InChI is InChI=1S/C9H18N2O4S/c1-3-16(13,14)11-4-7(6-15-2)8(5-11)9(10)12/h7-8H,3-6H2,1-2H3,(H2,10,12)/t7-,8+/m0/s1.